The smallest absolute Gasteiger partial charge is 0.330 e. The zero-order chi connectivity index (χ0) is 25.4. The van der Waals surface area contributed by atoms with Gasteiger partial charge < -0.3 is 10.2 Å². The predicted molar refractivity (Wildman–Crippen MR) is 131 cm³/mol. The van der Waals surface area contributed by atoms with Crippen LogP contribution in [0.3, 0.4) is 0 Å². The van der Waals surface area contributed by atoms with Gasteiger partial charge in [0.15, 0.2) is 0 Å². The number of rotatable bonds is 4. The van der Waals surface area contributed by atoms with E-state index in [-0.39, 0.29) is 31.3 Å². The molecule has 3 aliphatic carbocycles. The SMILES string of the molecule is CC(C(=O)Nc1cc2c(c(-c3ccccc3Cl)c1)CCN(C(=O)C(F)(F)F)C2)C1CC2C1C21CCC1. The minimum atomic E-state index is -4.93. The number of halogens is 4. The molecule has 0 aromatic heterocycles. The molecule has 190 valence electrons. The molecule has 4 nitrogen and oxygen atoms in total. The summed E-state index contributed by atoms with van der Waals surface area (Å²) in [6, 6.07) is 10.9. The fraction of sp³-hybridized carbons (Fsp3) is 0.500. The molecular formula is C28H28ClF3N2O2. The number of carbonyl (C=O) groups is 2. The molecule has 0 bridgehead atoms. The Labute approximate surface area is 213 Å². The number of hydrogen-bond acceptors (Lipinski definition) is 2. The highest BCUT2D eigenvalue weighted by Crippen LogP contribution is 2.81. The molecule has 0 radical (unpaired) electrons. The Morgan fingerprint density at radius 3 is 2.56 bits per heavy atom. The highest BCUT2D eigenvalue weighted by atomic mass is 35.5. The van der Waals surface area contributed by atoms with Crippen molar-refractivity contribution in [3.8, 4) is 11.1 Å². The second kappa shape index (κ2) is 8.23. The van der Waals surface area contributed by atoms with E-state index in [2.05, 4.69) is 5.32 Å². The van der Waals surface area contributed by atoms with Crippen LogP contribution in [0.2, 0.25) is 5.02 Å². The van der Waals surface area contributed by atoms with Crippen molar-refractivity contribution in [3.05, 3.63) is 52.5 Å². The molecule has 1 spiro atoms. The van der Waals surface area contributed by atoms with Gasteiger partial charge in [0.25, 0.3) is 0 Å². The van der Waals surface area contributed by atoms with Crippen molar-refractivity contribution in [1.29, 1.82) is 0 Å². The lowest BCUT2D eigenvalue weighted by molar-refractivity contribution is -0.186. The number of amides is 2. The standard InChI is InChI=1S/C28H28ClF3N2O2/c1-15(20-13-22-24(20)27(22)8-4-9-27)25(35)33-17-11-16-14-34(26(36)28(30,31)32)10-7-18(16)21(12-17)19-5-2-3-6-23(19)29/h2-3,5-6,11-12,15,20,22,24H,4,7-10,13-14H2,1H3,(H,33,35). The summed E-state index contributed by atoms with van der Waals surface area (Å²) in [5.41, 5.74) is 4.02. The largest absolute Gasteiger partial charge is 0.471 e. The second-order valence-electron chi connectivity index (χ2n) is 11.0. The van der Waals surface area contributed by atoms with E-state index in [4.69, 9.17) is 11.6 Å². The van der Waals surface area contributed by atoms with Gasteiger partial charge in [-0.2, -0.15) is 13.2 Å². The molecule has 0 saturated heterocycles. The molecule has 1 N–H and O–H groups in total. The van der Waals surface area contributed by atoms with Gasteiger partial charge >= 0.3 is 12.1 Å². The summed E-state index contributed by atoms with van der Waals surface area (Å²) in [6.07, 6.45) is 0.358. The highest BCUT2D eigenvalue weighted by molar-refractivity contribution is 6.33. The van der Waals surface area contributed by atoms with E-state index in [1.807, 2.05) is 31.2 Å². The van der Waals surface area contributed by atoms with Crippen LogP contribution in [0.25, 0.3) is 11.1 Å². The molecule has 4 unspecified atom stereocenters. The molecule has 2 aromatic carbocycles. The lowest BCUT2D eigenvalue weighted by atomic mass is 9.75. The van der Waals surface area contributed by atoms with Gasteiger partial charge in [-0.15, -0.1) is 0 Å². The summed E-state index contributed by atoms with van der Waals surface area (Å²) in [5.74, 6) is -0.158. The first-order valence-electron chi connectivity index (χ1n) is 12.7. The maximum atomic E-state index is 13.3. The highest BCUT2D eigenvalue weighted by Gasteiger charge is 2.75. The number of hydrogen-bond donors (Lipinski definition) is 1. The first-order valence-corrected chi connectivity index (χ1v) is 13.1. The van der Waals surface area contributed by atoms with Gasteiger partial charge in [0.1, 0.15) is 0 Å². The van der Waals surface area contributed by atoms with Crippen LogP contribution < -0.4 is 5.32 Å². The van der Waals surface area contributed by atoms with Gasteiger partial charge in [-0.25, -0.2) is 0 Å². The van der Waals surface area contributed by atoms with Crippen molar-refractivity contribution in [1.82, 2.24) is 4.90 Å². The number of alkyl halides is 3. The fourth-order valence-corrected chi connectivity index (χ4v) is 7.50. The number of nitrogens with zero attached hydrogens (tertiary/aromatic N) is 1. The Morgan fingerprint density at radius 2 is 1.92 bits per heavy atom. The number of nitrogens with one attached hydrogen (secondary N) is 1. The number of fused-ring (bicyclic) bond motifs is 4. The van der Waals surface area contributed by atoms with E-state index in [0.717, 1.165) is 33.9 Å². The predicted octanol–water partition coefficient (Wildman–Crippen LogP) is 6.46. The van der Waals surface area contributed by atoms with E-state index >= 15 is 0 Å². The van der Waals surface area contributed by atoms with Gasteiger partial charge in [0.05, 0.1) is 0 Å². The number of carbonyl (C=O) groups excluding carboxylic acids is 2. The Morgan fingerprint density at radius 1 is 1.17 bits per heavy atom. The van der Waals surface area contributed by atoms with E-state index < -0.39 is 12.1 Å². The Hall–Kier alpha value is -2.54. The van der Waals surface area contributed by atoms with Crippen molar-refractivity contribution < 1.29 is 22.8 Å². The molecule has 2 aromatic rings. The molecule has 2 amide bonds. The molecular weight excluding hydrogens is 489 g/mol. The average Bonchev–Trinajstić information content (AvgIpc) is 3.36. The molecule has 1 heterocycles. The number of benzene rings is 2. The van der Waals surface area contributed by atoms with Crippen LogP contribution in [0.15, 0.2) is 36.4 Å². The van der Waals surface area contributed by atoms with E-state index in [1.54, 1.807) is 12.1 Å². The summed E-state index contributed by atoms with van der Waals surface area (Å²) in [7, 11) is 0. The lowest BCUT2D eigenvalue weighted by Gasteiger charge is -2.32. The van der Waals surface area contributed by atoms with Gasteiger partial charge in [0.2, 0.25) is 5.91 Å². The van der Waals surface area contributed by atoms with Crippen molar-refractivity contribution >= 4 is 29.1 Å². The van der Waals surface area contributed by atoms with Gasteiger partial charge in [-0.1, -0.05) is 43.1 Å². The molecule has 1 aliphatic heterocycles. The molecule has 36 heavy (non-hydrogen) atoms. The van der Waals surface area contributed by atoms with Crippen LogP contribution in [0, 0.1) is 29.1 Å². The van der Waals surface area contributed by atoms with Crippen LogP contribution in [0.4, 0.5) is 18.9 Å². The summed E-state index contributed by atoms with van der Waals surface area (Å²) in [4.78, 5) is 26.0. The van der Waals surface area contributed by atoms with Crippen molar-refractivity contribution in [2.45, 2.75) is 51.7 Å². The van der Waals surface area contributed by atoms with Gasteiger partial charge in [0, 0.05) is 35.3 Å². The molecule has 4 aliphatic rings. The third kappa shape index (κ3) is 3.65. The van der Waals surface area contributed by atoms with Crippen LogP contribution in [-0.2, 0) is 22.6 Å². The molecule has 3 saturated carbocycles. The zero-order valence-corrected chi connectivity index (χ0v) is 20.8. The Kier molecular flexibility index (Phi) is 5.45. The average molecular weight is 517 g/mol. The third-order valence-corrected chi connectivity index (χ3v) is 9.68. The molecule has 8 heteroatoms. The van der Waals surface area contributed by atoms with Crippen molar-refractivity contribution in [2.75, 3.05) is 11.9 Å². The monoisotopic (exact) mass is 516 g/mol. The fourth-order valence-electron chi connectivity index (χ4n) is 7.26. The van der Waals surface area contributed by atoms with Crippen LogP contribution in [0.5, 0.6) is 0 Å². The van der Waals surface area contributed by atoms with Crippen LogP contribution in [0.1, 0.15) is 43.7 Å². The maximum absolute atomic E-state index is 13.3. The summed E-state index contributed by atoms with van der Waals surface area (Å²) >= 11 is 6.48. The summed E-state index contributed by atoms with van der Waals surface area (Å²) in [5, 5.41) is 3.56. The van der Waals surface area contributed by atoms with E-state index in [9.17, 15) is 22.8 Å². The third-order valence-electron chi connectivity index (χ3n) is 9.35. The summed E-state index contributed by atoms with van der Waals surface area (Å²) in [6.45, 7) is 1.79. The van der Waals surface area contributed by atoms with E-state index in [1.165, 1.54) is 19.3 Å². The first-order chi connectivity index (χ1) is 17.1. The minimum Gasteiger partial charge on any atom is -0.330 e. The quantitative estimate of drug-likeness (QED) is 0.506. The van der Waals surface area contributed by atoms with Crippen LogP contribution in [-0.4, -0.2) is 29.4 Å². The topological polar surface area (TPSA) is 49.4 Å². The first kappa shape index (κ1) is 23.8. The molecule has 3 fully saturated rings. The lowest BCUT2D eigenvalue weighted by Crippen LogP contribution is -2.43. The minimum absolute atomic E-state index is 0.0302. The van der Waals surface area contributed by atoms with Gasteiger partial charge in [-0.05, 0) is 83.7 Å². The van der Waals surface area contributed by atoms with Crippen molar-refractivity contribution in [2.24, 2.45) is 29.1 Å². The number of anilines is 1. The molecule has 6 rings (SSSR count). The maximum Gasteiger partial charge on any atom is 0.471 e. The van der Waals surface area contributed by atoms with E-state index in [0.29, 0.717) is 33.5 Å². The summed E-state index contributed by atoms with van der Waals surface area (Å²) < 4.78 is 39.3. The second-order valence-corrected chi connectivity index (χ2v) is 11.4. The molecule has 4 atom stereocenters. The Balaban J connectivity index is 1.28. The normalized spacial score (nSPS) is 26.2. The van der Waals surface area contributed by atoms with Crippen molar-refractivity contribution in [3.63, 3.8) is 0 Å². The Bertz CT molecular complexity index is 1260. The van der Waals surface area contributed by atoms with Crippen LogP contribution >= 0.6 is 11.6 Å². The zero-order valence-electron chi connectivity index (χ0n) is 20.0. The van der Waals surface area contributed by atoms with Gasteiger partial charge in [-0.3, -0.25) is 9.59 Å².